The molecule has 1 aromatic heterocycles. The van der Waals surface area contributed by atoms with Gasteiger partial charge in [-0.1, -0.05) is 49.4 Å². The van der Waals surface area contributed by atoms with Crippen LogP contribution >= 0.6 is 11.3 Å². The SMILES string of the molecule is CCCN(Cc1ccc(C(=O)OC)cc1)c1nc(-c2ccccc2)c(C)s1. The second-order valence-corrected chi connectivity index (χ2v) is 7.56. The molecule has 5 heteroatoms. The zero-order valence-electron chi connectivity index (χ0n) is 15.9. The van der Waals surface area contributed by atoms with Crippen molar-refractivity contribution in [3.8, 4) is 11.3 Å². The van der Waals surface area contributed by atoms with Crippen LogP contribution in [-0.2, 0) is 11.3 Å². The molecule has 0 amide bonds. The van der Waals surface area contributed by atoms with E-state index in [1.165, 1.54) is 12.0 Å². The predicted molar refractivity (Wildman–Crippen MR) is 111 cm³/mol. The topological polar surface area (TPSA) is 42.4 Å². The Morgan fingerprint density at radius 3 is 2.44 bits per heavy atom. The zero-order chi connectivity index (χ0) is 19.2. The van der Waals surface area contributed by atoms with E-state index in [4.69, 9.17) is 9.72 Å². The average Bonchev–Trinajstić information content (AvgIpc) is 3.10. The monoisotopic (exact) mass is 380 g/mol. The zero-order valence-corrected chi connectivity index (χ0v) is 16.8. The number of rotatable bonds is 7. The van der Waals surface area contributed by atoms with E-state index in [0.717, 1.165) is 41.5 Å². The van der Waals surface area contributed by atoms with Gasteiger partial charge in [0, 0.05) is 23.5 Å². The van der Waals surface area contributed by atoms with Crippen LogP contribution in [0.1, 0.15) is 34.1 Å². The van der Waals surface area contributed by atoms with Crippen LogP contribution in [0.15, 0.2) is 54.6 Å². The fraction of sp³-hybridized carbons (Fsp3) is 0.273. The summed E-state index contributed by atoms with van der Waals surface area (Å²) in [6.07, 6.45) is 1.04. The average molecular weight is 381 g/mol. The number of esters is 1. The Bertz CT molecular complexity index is 888. The van der Waals surface area contributed by atoms with Gasteiger partial charge in [-0.2, -0.15) is 0 Å². The maximum absolute atomic E-state index is 11.6. The van der Waals surface area contributed by atoms with E-state index in [1.54, 1.807) is 11.3 Å². The Hall–Kier alpha value is -2.66. The second-order valence-electron chi connectivity index (χ2n) is 6.38. The van der Waals surface area contributed by atoms with Crippen molar-refractivity contribution in [2.45, 2.75) is 26.8 Å². The summed E-state index contributed by atoms with van der Waals surface area (Å²) in [7, 11) is 1.40. The van der Waals surface area contributed by atoms with Gasteiger partial charge in [-0.15, -0.1) is 11.3 Å². The van der Waals surface area contributed by atoms with E-state index in [1.807, 2.05) is 42.5 Å². The molecule has 27 heavy (non-hydrogen) atoms. The molecule has 140 valence electrons. The molecule has 0 fully saturated rings. The largest absolute Gasteiger partial charge is 0.465 e. The third kappa shape index (κ3) is 4.55. The van der Waals surface area contributed by atoms with Crippen molar-refractivity contribution in [3.63, 3.8) is 0 Å². The van der Waals surface area contributed by atoms with E-state index >= 15 is 0 Å². The highest BCUT2D eigenvalue weighted by Gasteiger charge is 2.15. The lowest BCUT2D eigenvalue weighted by molar-refractivity contribution is 0.0600. The fourth-order valence-corrected chi connectivity index (χ4v) is 3.93. The van der Waals surface area contributed by atoms with Crippen molar-refractivity contribution in [3.05, 3.63) is 70.6 Å². The Morgan fingerprint density at radius 1 is 1.11 bits per heavy atom. The molecule has 0 aliphatic rings. The van der Waals surface area contributed by atoms with Crippen molar-refractivity contribution in [2.24, 2.45) is 0 Å². The number of hydrogen-bond donors (Lipinski definition) is 0. The number of hydrogen-bond acceptors (Lipinski definition) is 5. The second kappa shape index (κ2) is 8.82. The molecule has 0 atom stereocenters. The molecule has 0 radical (unpaired) electrons. The van der Waals surface area contributed by atoms with Crippen LogP contribution < -0.4 is 4.90 Å². The van der Waals surface area contributed by atoms with Gasteiger partial charge in [0.1, 0.15) is 0 Å². The fourth-order valence-electron chi connectivity index (χ4n) is 2.98. The summed E-state index contributed by atoms with van der Waals surface area (Å²) in [5, 5.41) is 1.03. The van der Waals surface area contributed by atoms with Gasteiger partial charge in [-0.3, -0.25) is 0 Å². The van der Waals surface area contributed by atoms with Gasteiger partial charge in [-0.25, -0.2) is 9.78 Å². The van der Waals surface area contributed by atoms with Gasteiger partial charge in [0.05, 0.1) is 18.4 Å². The number of ether oxygens (including phenoxy) is 1. The summed E-state index contributed by atoms with van der Waals surface area (Å²) in [5.41, 5.74) is 3.92. The minimum absolute atomic E-state index is 0.310. The number of aryl methyl sites for hydroxylation is 1. The lowest BCUT2D eigenvalue weighted by Gasteiger charge is -2.21. The maximum Gasteiger partial charge on any atom is 0.337 e. The normalized spacial score (nSPS) is 10.6. The standard InChI is InChI=1S/C22H24N2O2S/c1-4-14-24(15-17-10-12-19(13-11-17)21(25)26-3)22-23-20(16(2)27-22)18-8-6-5-7-9-18/h5-13H,4,14-15H2,1-3H3. The van der Waals surface area contributed by atoms with Crippen molar-refractivity contribution < 1.29 is 9.53 Å². The number of anilines is 1. The lowest BCUT2D eigenvalue weighted by Crippen LogP contribution is -2.23. The Kier molecular flexibility index (Phi) is 6.24. The molecule has 0 aliphatic carbocycles. The molecule has 0 saturated carbocycles. The molecule has 3 rings (SSSR count). The summed E-state index contributed by atoms with van der Waals surface area (Å²) >= 11 is 1.73. The van der Waals surface area contributed by atoms with Crippen LogP contribution in [0.5, 0.6) is 0 Å². The van der Waals surface area contributed by atoms with Crippen molar-refractivity contribution in [1.82, 2.24) is 4.98 Å². The lowest BCUT2D eigenvalue weighted by atomic mass is 10.1. The van der Waals surface area contributed by atoms with Crippen LogP contribution in [0, 0.1) is 6.92 Å². The van der Waals surface area contributed by atoms with Gasteiger partial charge >= 0.3 is 5.97 Å². The van der Waals surface area contributed by atoms with Crippen molar-refractivity contribution in [2.75, 3.05) is 18.6 Å². The summed E-state index contributed by atoms with van der Waals surface area (Å²) in [6, 6.07) is 17.9. The highest BCUT2D eigenvalue weighted by atomic mass is 32.1. The van der Waals surface area contributed by atoms with Gasteiger partial charge < -0.3 is 9.64 Å². The highest BCUT2D eigenvalue weighted by molar-refractivity contribution is 7.16. The Balaban J connectivity index is 1.83. The molecule has 3 aromatic rings. The van der Waals surface area contributed by atoms with E-state index in [2.05, 4.69) is 30.9 Å². The molecule has 0 saturated heterocycles. The molecule has 0 bridgehead atoms. The van der Waals surface area contributed by atoms with Gasteiger partial charge in [-0.05, 0) is 31.0 Å². The van der Waals surface area contributed by atoms with Gasteiger partial charge in [0.2, 0.25) is 0 Å². The van der Waals surface area contributed by atoms with E-state index in [0.29, 0.717) is 5.56 Å². The maximum atomic E-state index is 11.6. The number of carbonyl (C=O) groups is 1. The summed E-state index contributed by atoms with van der Waals surface area (Å²) in [5.74, 6) is -0.310. The molecule has 4 nitrogen and oxygen atoms in total. The van der Waals surface area contributed by atoms with Crippen LogP contribution in [-0.4, -0.2) is 24.6 Å². The first-order chi connectivity index (χ1) is 13.1. The number of benzene rings is 2. The third-order valence-electron chi connectivity index (χ3n) is 4.35. The van der Waals surface area contributed by atoms with Crippen molar-refractivity contribution in [1.29, 1.82) is 0 Å². The number of aromatic nitrogens is 1. The molecular formula is C22H24N2O2S. The van der Waals surface area contributed by atoms with E-state index < -0.39 is 0 Å². The molecule has 0 aliphatic heterocycles. The molecule has 2 aromatic carbocycles. The number of carbonyl (C=O) groups excluding carboxylic acids is 1. The quantitative estimate of drug-likeness (QED) is 0.520. The molecule has 0 unspecified atom stereocenters. The van der Waals surface area contributed by atoms with E-state index in [-0.39, 0.29) is 5.97 Å². The first kappa shape index (κ1) is 19.1. The van der Waals surface area contributed by atoms with Crippen LogP contribution in [0.3, 0.4) is 0 Å². The molecular weight excluding hydrogens is 356 g/mol. The number of methoxy groups -OCH3 is 1. The number of thiazole rings is 1. The van der Waals surface area contributed by atoms with Gasteiger partial charge in [0.15, 0.2) is 5.13 Å². The van der Waals surface area contributed by atoms with Crippen LogP contribution in [0.4, 0.5) is 5.13 Å². The van der Waals surface area contributed by atoms with E-state index in [9.17, 15) is 4.79 Å². The third-order valence-corrected chi connectivity index (χ3v) is 5.38. The molecule has 1 heterocycles. The highest BCUT2D eigenvalue weighted by Crippen LogP contribution is 2.33. The predicted octanol–water partition coefficient (Wildman–Crippen LogP) is 5.32. The van der Waals surface area contributed by atoms with Crippen molar-refractivity contribution >= 4 is 22.4 Å². The summed E-state index contributed by atoms with van der Waals surface area (Å²) in [4.78, 5) is 20.1. The molecule has 0 spiro atoms. The minimum Gasteiger partial charge on any atom is -0.465 e. The Labute approximate surface area is 164 Å². The van der Waals surface area contributed by atoms with Crippen LogP contribution in [0.2, 0.25) is 0 Å². The Morgan fingerprint density at radius 2 is 1.81 bits per heavy atom. The summed E-state index contributed by atoms with van der Waals surface area (Å²) in [6.45, 7) is 5.99. The first-order valence-corrected chi connectivity index (χ1v) is 9.89. The first-order valence-electron chi connectivity index (χ1n) is 9.07. The molecule has 0 N–H and O–H groups in total. The summed E-state index contributed by atoms with van der Waals surface area (Å²) < 4.78 is 4.77. The van der Waals surface area contributed by atoms with Crippen LogP contribution in [0.25, 0.3) is 11.3 Å². The minimum atomic E-state index is -0.310. The number of nitrogens with zero attached hydrogens (tertiary/aromatic N) is 2. The smallest absolute Gasteiger partial charge is 0.337 e. The van der Waals surface area contributed by atoms with Gasteiger partial charge in [0.25, 0.3) is 0 Å².